The zero-order valence-corrected chi connectivity index (χ0v) is 12.4. The summed E-state index contributed by atoms with van der Waals surface area (Å²) in [6.07, 6.45) is 7.40. The smallest absolute Gasteiger partial charge is 0.119 e. The minimum absolute atomic E-state index is 0.630. The monoisotopic (exact) mass is 261 g/mol. The van der Waals surface area contributed by atoms with E-state index >= 15 is 0 Å². The molecule has 2 rings (SSSR count). The van der Waals surface area contributed by atoms with Gasteiger partial charge in [0, 0.05) is 6.04 Å². The van der Waals surface area contributed by atoms with Gasteiger partial charge in [-0.15, -0.1) is 0 Å². The van der Waals surface area contributed by atoms with Crippen molar-refractivity contribution in [1.29, 1.82) is 0 Å². The van der Waals surface area contributed by atoms with E-state index in [1.54, 1.807) is 0 Å². The van der Waals surface area contributed by atoms with Crippen molar-refractivity contribution in [3.05, 3.63) is 29.3 Å². The summed E-state index contributed by atoms with van der Waals surface area (Å²) >= 11 is 0. The fraction of sp³-hybridized carbons (Fsp3) is 0.647. The Hall–Kier alpha value is -1.02. The molecule has 1 aliphatic carbocycles. The summed E-state index contributed by atoms with van der Waals surface area (Å²) in [5.74, 6) is 1.06. The van der Waals surface area contributed by atoms with Gasteiger partial charge in [0.25, 0.3) is 0 Å². The molecule has 0 spiro atoms. The summed E-state index contributed by atoms with van der Waals surface area (Å²) in [4.78, 5) is 0. The van der Waals surface area contributed by atoms with E-state index in [1.165, 1.54) is 43.2 Å². The number of aryl methyl sites for hydroxylation is 2. The SMILES string of the molecule is CCNC(C)CCCCOc1ccc2c(c1)CCC2. The first kappa shape index (κ1) is 14.4. The highest BCUT2D eigenvalue weighted by Gasteiger charge is 2.10. The fourth-order valence-electron chi connectivity index (χ4n) is 2.83. The largest absolute Gasteiger partial charge is 0.494 e. The Labute approximate surface area is 117 Å². The van der Waals surface area contributed by atoms with Crippen LogP contribution in [0.4, 0.5) is 0 Å². The molecule has 0 heterocycles. The molecule has 1 N–H and O–H groups in total. The molecule has 0 saturated heterocycles. The van der Waals surface area contributed by atoms with Gasteiger partial charge in [-0.05, 0) is 75.3 Å². The topological polar surface area (TPSA) is 21.3 Å². The number of fused-ring (bicyclic) bond motifs is 1. The van der Waals surface area contributed by atoms with Crippen molar-refractivity contribution in [1.82, 2.24) is 5.32 Å². The minimum atomic E-state index is 0.630. The molecule has 0 aliphatic heterocycles. The van der Waals surface area contributed by atoms with Crippen LogP contribution in [0.3, 0.4) is 0 Å². The average Bonchev–Trinajstić information content (AvgIpc) is 2.86. The first-order chi connectivity index (χ1) is 9.29. The molecule has 0 radical (unpaired) electrons. The van der Waals surface area contributed by atoms with Gasteiger partial charge >= 0.3 is 0 Å². The molecule has 19 heavy (non-hydrogen) atoms. The van der Waals surface area contributed by atoms with Crippen LogP contribution in [0, 0.1) is 0 Å². The Kier molecular flexibility index (Phi) is 5.71. The quantitative estimate of drug-likeness (QED) is 0.720. The van der Waals surface area contributed by atoms with Crippen molar-refractivity contribution in [3.8, 4) is 5.75 Å². The van der Waals surface area contributed by atoms with Gasteiger partial charge in [-0.2, -0.15) is 0 Å². The number of benzene rings is 1. The van der Waals surface area contributed by atoms with Gasteiger partial charge < -0.3 is 10.1 Å². The molecule has 2 heteroatoms. The zero-order valence-electron chi connectivity index (χ0n) is 12.4. The second kappa shape index (κ2) is 7.54. The number of ether oxygens (including phenoxy) is 1. The van der Waals surface area contributed by atoms with E-state index in [2.05, 4.69) is 37.4 Å². The van der Waals surface area contributed by atoms with Gasteiger partial charge in [0.1, 0.15) is 5.75 Å². The standard InChI is InChI=1S/C17H27NO/c1-3-18-14(2)7-4-5-12-19-17-11-10-15-8-6-9-16(15)13-17/h10-11,13-14,18H,3-9,12H2,1-2H3. The predicted octanol–water partition coefficient (Wildman–Crippen LogP) is 3.72. The lowest BCUT2D eigenvalue weighted by atomic mass is 10.1. The molecule has 0 bridgehead atoms. The van der Waals surface area contributed by atoms with E-state index in [4.69, 9.17) is 4.74 Å². The Morgan fingerprint density at radius 2 is 2.05 bits per heavy atom. The summed E-state index contributed by atoms with van der Waals surface area (Å²) in [5, 5.41) is 3.44. The lowest BCUT2D eigenvalue weighted by Gasteiger charge is -2.12. The third-order valence-corrected chi connectivity index (χ3v) is 3.92. The van der Waals surface area contributed by atoms with Crippen LogP contribution in [0.15, 0.2) is 18.2 Å². The van der Waals surface area contributed by atoms with Crippen molar-refractivity contribution in [2.45, 2.75) is 58.4 Å². The summed E-state index contributed by atoms with van der Waals surface area (Å²) < 4.78 is 5.85. The van der Waals surface area contributed by atoms with Crippen LogP contribution in [0.2, 0.25) is 0 Å². The van der Waals surface area contributed by atoms with Crippen molar-refractivity contribution in [2.24, 2.45) is 0 Å². The highest BCUT2D eigenvalue weighted by Crippen LogP contribution is 2.26. The number of hydrogen-bond acceptors (Lipinski definition) is 2. The van der Waals surface area contributed by atoms with E-state index in [0.717, 1.165) is 25.3 Å². The van der Waals surface area contributed by atoms with Gasteiger partial charge in [-0.25, -0.2) is 0 Å². The molecule has 0 amide bonds. The van der Waals surface area contributed by atoms with E-state index in [0.29, 0.717) is 6.04 Å². The van der Waals surface area contributed by atoms with E-state index in [9.17, 15) is 0 Å². The van der Waals surface area contributed by atoms with Crippen LogP contribution in [-0.2, 0) is 12.8 Å². The molecule has 0 aromatic heterocycles. The van der Waals surface area contributed by atoms with Gasteiger partial charge in [-0.1, -0.05) is 13.0 Å². The van der Waals surface area contributed by atoms with E-state index in [-0.39, 0.29) is 0 Å². The highest BCUT2D eigenvalue weighted by molar-refractivity contribution is 5.38. The van der Waals surface area contributed by atoms with Crippen molar-refractivity contribution < 1.29 is 4.74 Å². The maximum Gasteiger partial charge on any atom is 0.119 e. The van der Waals surface area contributed by atoms with Crippen LogP contribution in [-0.4, -0.2) is 19.2 Å². The molecule has 1 aliphatic rings. The van der Waals surface area contributed by atoms with Gasteiger partial charge in [0.2, 0.25) is 0 Å². The first-order valence-electron chi connectivity index (χ1n) is 7.77. The van der Waals surface area contributed by atoms with Crippen molar-refractivity contribution in [2.75, 3.05) is 13.2 Å². The predicted molar refractivity (Wildman–Crippen MR) is 81.0 cm³/mol. The van der Waals surface area contributed by atoms with Gasteiger partial charge in [0.15, 0.2) is 0 Å². The Morgan fingerprint density at radius 1 is 1.21 bits per heavy atom. The Balaban J connectivity index is 1.63. The zero-order chi connectivity index (χ0) is 13.5. The Morgan fingerprint density at radius 3 is 2.89 bits per heavy atom. The maximum absolute atomic E-state index is 5.85. The molecule has 1 unspecified atom stereocenters. The van der Waals surface area contributed by atoms with E-state index < -0.39 is 0 Å². The maximum atomic E-state index is 5.85. The molecule has 1 aromatic carbocycles. The number of unbranched alkanes of at least 4 members (excludes halogenated alkanes) is 1. The minimum Gasteiger partial charge on any atom is -0.494 e. The molecule has 0 saturated carbocycles. The summed E-state index contributed by atoms with van der Waals surface area (Å²) in [6, 6.07) is 7.24. The first-order valence-corrected chi connectivity index (χ1v) is 7.77. The number of hydrogen-bond donors (Lipinski definition) is 1. The molecule has 0 fully saturated rings. The lowest BCUT2D eigenvalue weighted by Crippen LogP contribution is -2.25. The van der Waals surface area contributed by atoms with Crippen LogP contribution in [0.25, 0.3) is 0 Å². The lowest BCUT2D eigenvalue weighted by molar-refractivity contribution is 0.301. The van der Waals surface area contributed by atoms with Crippen molar-refractivity contribution >= 4 is 0 Å². The van der Waals surface area contributed by atoms with E-state index in [1.807, 2.05) is 0 Å². The van der Waals surface area contributed by atoms with Crippen LogP contribution >= 0.6 is 0 Å². The fourth-order valence-corrected chi connectivity index (χ4v) is 2.83. The molecule has 106 valence electrons. The second-order valence-electron chi connectivity index (χ2n) is 5.59. The average molecular weight is 261 g/mol. The third kappa shape index (κ3) is 4.54. The molecule has 2 nitrogen and oxygen atoms in total. The third-order valence-electron chi connectivity index (χ3n) is 3.92. The molecular weight excluding hydrogens is 234 g/mol. The van der Waals surface area contributed by atoms with Crippen molar-refractivity contribution in [3.63, 3.8) is 0 Å². The summed E-state index contributed by atoms with van der Waals surface area (Å²) in [5.41, 5.74) is 3.02. The molecule has 1 aromatic rings. The molecule has 1 atom stereocenters. The number of nitrogens with one attached hydrogen (secondary N) is 1. The van der Waals surface area contributed by atoms with Crippen LogP contribution < -0.4 is 10.1 Å². The van der Waals surface area contributed by atoms with Crippen LogP contribution in [0.5, 0.6) is 5.75 Å². The molecular formula is C17H27NO. The highest BCUT2D eigenvalue weighted by atomic mass is 16.5. The Bertz CT molecular complexity index is 389. The summed E-state index contributed by atoms with van der Waals surface area (Å²) in [6.45, 7) is 6.32. The van der Waals surface area contributed by atoms with Gasteiger partial charge in [-0.3, -0.25) is 0 Å². The van der Waals surface area contributed by atoms with Crippen LogP contribution in [0.1, 0.15) is 50.7 Å². The second-order valence-corrected chi connectivity index (χ2v) is 5.59. The van der Waals surface area contributed by atoms with Gasteiger partial charge in [0.05, 0.1) is 6.61 Å². The summed E-state index contributed by atoms with van der Waals surface area (Å²) in [7, 11) is 0. The normalized spacial score (nSPS) is 15.3. The number of rotatable bonds is 8.